The zero-order valence-corrected chi connectivity index (χ0v) is 14.9. The quantitative estimate of drug-likeness (QED) is 0.580. The van der Waals surface area contributed by atoms with Crippen LogP contribution in [0.25, 0.3) is 0 Å². The van der Waals surface area contributed by atoms with Gasteiger partial charge in [0.2, 0.25) is 5.91 Å². The Kier molecular flexibility index (Phi) is 6.74. The molecule has 1 aliphatic rings. The highest BCUT2D eigenvalue weighted by Crippen LogP contribution is 2.18. The average molecular weight is 366 g/mol. The minimum atomic E-state index is -0.542. The van der Waals surface area contributed by atoms with E-state index in [4.69, 9.17) is 17.0 Å². The number of thioether (sulfide) groups is 1. The minimum absolute atomic E-state index is 0.0544. The van der Waals surface area contributed by atoms with E-state index in [1.165, 1.54) is 16.7 Å². The zero-order chi connectivity index (χ0) is 17.5. The summed E-state index contributed by atoms with van der Waals surface area (Å²) >= 11 is 6.35. The molecule has 6 nitrogen and oxygen atoms in total. The van der Waals surface area contributed by atoms with Crippen LogP contribution in [0.4, 0.5) is 0 Å². The van der Waals surface area contributed by atoms with Crippen molar-refractivity contribution in [3.63, 3.8) is 0 Å². The zero-order valence-electron chi connectivity index (χ0n) is 13.2. The van der Waals surface area contributed by atoms with Crippen LogP contribution in [-0.4, -0.2) is 52.5 Å². The van der Waals surface area contributed by atoms with Gasteiger partial charge in [-0.1, -0.05) is 43.0 Å². The summed E-state index contributed by atoms with van der Waals surface area (Å²) in [6.45, 7) is 2.25. The Morgan fingerprint density at radius 1 is 1.33 bits per heavy atom. The Morgan fingerprint density at radius 2 is 2.04 bits per heavy atom. The van der Waals surface area contributed by atoms with E-state index in [9.17, 15) is 14.4 Å². The fourth-order valence-corrected chi connectivity index (χ4v) is 3.17. The van der Waals surface area contributed by atoms with Crippen LogP contribution in [0.1, 0.15) is 22.8 Å². The number of ether oxygens (including phenoxy) is 1. The van der Waals surface area contributed by atoms with Crippen molar-refractivity contribution in [3.05, 3.63) is 35.4 Å². The lowest BCUT2D eigenvalue weighted by molar-refractivity contribution is -0.126. The number of aryl methyl sites for hydroxylation is 1. The number of carbonyl (C=O) groups is 3. The van der Waals surface area contributed by atoms with Crippen LogP contribution in [0.5, 0.6) is 0 Å². The number of carbonyl (C=O) groups excluding carboxylic acids is 3. The Bertz CT molecular complexity index is 630. The standard InChI is InChI=1S/C16H18N2O4S2/c1-2-11-3-5-12(6-4-11)15(21)22-9-13(19)17-7-8-18-14(20)10-24-16(18)23/h3-6H,2,7-10H2,1H3,(H,17,19). The monoisotopic (exact) mass is 366 g/mol. The van der Waals surface area contributed by atoms with Gasteiger partial charge in [-0.2, -0.15) is 0 Å². The third-order valence-corrected chi connectivity index (χ3v) is 4.86. The second-order valence-corrected chi connectivity index (χ2v) is 6.69. The molecule has 0 saturated carbocycles. The van der Waals surface area contributed by atoms with Crippen molar-refractivity contribution in [2.45, 2.75) is 13.3 Å². The molecule has 1 aromatic carbocycles. The predicted octanol–water partition coefficient (Wildman–Crippen LogP) is 1.38. The first-order chi connectivity index (χ1) is 11.5. The summed E-state index contributed by atoms with van der Waals surface area (Å²) < 4.78 is 5.49. The maximum absolute atomic E-state index is 11.8. The van der Waals surface area contributed by atoms with E-state index in [0.29, 0.717) is 22.2 Å². The summed E-state index contributed by atoms with van der Waals surface area (Å²) in [4.78, 5) is 36.5. The number of nitrogens with zero attached hydrogens (tertiary/aromatic N) is 1. The Hall–Kier alpha value is -1.93. The van der Waals surface area contributed by atoms with E-state index in [0.717, 1.165) is 12.0 Å². The molecule has 128 valence electrons. The summed E-state index contributed by atoms with van der Waals surface area (Å²) in [5.41, 5.74) is 1.53. The molecule has 0 aromatic heterocycles. The SMILES string of the molecule is CCc1ccc(C(=O)OCC(=O)NCCN2C(=O)CSC2=S)cc1. The van der Waals surface area contributed by atoms with Gasteiger partial charge in [0.05, 0.1) is 11.3 Å². The normalized spacial score (nSPS) is 14.0. The van der Waals surface area contributed by atoms with Crippen molar-refractivity contribution in [2.24, 2.45) is 0 Å². The number of rotatable bonds is 7. The number of esters is 1. The highest BCUT2D eigenvalue weighted by atomic mass is 32.2. The van der Waals surface area contributed by atoms with Gasteiger partial charge in [-0.05, 0) is 24.1 Å². The van der Waals surface area contributed by atoms with Gasteiger partial charge in [-0.3, -0.25) is 14.5 Å². The number of hydrogen-bond donors (Lipinski definition) is 1. The van der Waals surface area contributed by atoms with Crippen LogP contribution in [0.3, 0.4) is 0 Å². The van der Waals surface area contributed by atoms with Gasteiger partial charge in [0.15, 0.2) is 6.61 Å². The molecule has 0 spiro atoms. The van der Waals surface area contributed by atoms with Crippen LogP contribution < -0.4 is 5.32 Å². The maximum Gasteiger partial charge on any atom is 0.338 e. The van der Waals surface area contributed by atoms with E-state index in [-0.39, 0.29) is 19.1 Å². The molecule has 1 fully saturated rings. The van der Waals surface area contributed by atoms with Gasteiger partial charge in [-0.25, -0.2) is 4.79 Å². The summed E-state index contributed by atoms with van der Waals surface area (Å²) in [5, 5.41) is 2.60. The molecule has 1 aliphatic heterocycles. The van der Waals surface area contributed by atoms with E-state index < -0.39 is 11.9 Å². The first-order valence-electron chi connectivity index (χ1n) is 7.51. The predicted molar refractivity (Wildman–Crippen MR) is 95.9 cm³/mol. The van der Waals surface area contributed by atoms with Gasteiger partial charge in [0, 0.05) is 13.1 Å². The van der Waals surface area contributed by atoms with Crippen molar-refractivity contribution in [2.75, 3.05) is 25.4 Å². The number of amides is 2. The third-order valence-electron chi connectivity index (χ3n) is 3.43. The Labute approximate surface area is 149 Å². The molecule has 2 rings (SSSR count). The van der Waals surface area contributed by atoms with Gasteiger partial charge in [-0.15, -0.1) is 0 Å². The van der Waals surface area contributed by atoms with Gasteiger partial charge in [0.1, 0.15) is 4.32 Å². The number of thiocarbonyl (C=S) groups is 1. The Balaban J connectivity index is 1.69. The lowest BCUT2D eigenvalue weighted by atomic mass is 10.1. The molecule has 0 atom stereocenters. The molecule has 0 radical (unpaired) electrons. The molecule has 0 bridgehead atoms. The number of nitrogens with one attached hydrogen (secondary N) is 1. The largest absolute Gasteiger partial charge is 0.452 e. The molecular weight excluding hydrogens is 348 g/mol. The highest BCUT2D eigenvalue weighted by molar-refractivity contribution is 8.23. The molecule has 1 saturated heterocycles. The minimum Gasteiger partial charge on any atom is -0.452 e. The first kappa shape index (κ1) is 18.4. The van der Waals surface area contributed by atoms with Crippen molar-refractivity contribution >= 4 is 46.1 Å². The lowest BCUT2D eigenvalue weighted by Gasteiger charge is -2.15. The number of hydrogen-bond acceptors (Lipinski definition) is 6. The van der Waals surface area contributed by atoms with Crippen LogP contribution >= 0.6 is 24.0 Å². The van der Waals surface area contributed by atoms with Crippen LogP contribution in [0.15, 0.2) is 24.3 Å². The lowest BCUT2D eigenvalue weighted by Crippen LogP contribution is -2.38. The van der Waals surface area contributed by atoms with Crippen LogP contribution in [0, 0.1) is 0 Å². The van der Waals surface area contributed by atoms with Crippen LogP contribution in [-0.2, 0) is 20.7 Å². The molecule has 2 amide bonds. The topological polar surface area (TPSA) is 75.7 Å². The highest BCUT2D eigenvalue weighted by Gasteiger charge is 2.25. The van der Waals surface area contributed by atoms with Crippen molar-refractivity contribution in [1.29, 1.82) is 0 Å². The van der Waals surface area contributed by atoms with Crippen molar-refractivity contribution in [3.8, 4) is 0 Å². The molecule has 0 aliphatic carbocycles. The summed E-state index contributed by atoms with van der Waals surface area (Å²) in [6.07, 6.45) is 0.888. The Morgan fingerprint density at radius 3 is 2.62 bits per heavy atom. The van der Waals surface area contributed by atoms with E-state index in [1.54, 1.807) is 12.1 Å². The summed E-state index contributed by atoms with van der Waals surface area (Å²) in [7, 11) is 0. The molecular formula is C16H18N2O4S2. The van der Waals surface area contributed by atoms with Crippen LogP contribution in [0.2, 0.25) is 0 Å². The first-order valence-corrected chi connectivity index (χ1v) is 8.90. The maximum atomic E-state index is 11.8. The number of benzene rings is 1. The second-order valence-electron chi connectivity index (χ2n) is 5.08. The third kappa shape index (κ3) is 5.04. The summed E-state index contributed by atoms with van der Waals surface area (Å²) in [6, 6.07) is 7.06. The molecule has 1 N–H and O–H groups in total. The fraction of sp³-hybridized carbons (Fsp3) is 0.375. The molecule has 1 aromatic rings. The van der Waals surface area contributed by atoms with E-state index in [1.807, 2.05) is 19.1 Å². The van der Waals surface area contributed by atoms with Crippen molar-refractivity contribution < 1.29 is 19.1 Å². The molecule has 8 heteroatoms. The van der Waals surface area contributed by atoms with Gasteiger partial charge in [0.25, 0.3) is 5.91 Å². The van der Waals surface area contributed by atoms with Crippen molar-refractivity contribution in [1.82, 2.24) is 10.2 Å². The second kappa shape index (κ2) is 8.79. The van der Waals surface area contributed by atoms with E-state index in [2.05, 4.69) is 5.32 Å². The fourth-order valence-electron chi connectivity index (χ4n) is 2.05. The summed E-state index contributed by atoms with van der Waals surface area (Å²) in [5.74, 6) is -0.665. The molecule has 24 heavy (non-hydrogen) atoms. The van der Waals surface area contributed by atoms with Gasteiger partial charge < -0.3 is 10.1 Å². The smallest absolute Gasteiger partial charge is 0.338 e. The molecule has 1 heterocycles. The van der Waals surface area contributed by atoms with E-state index >= 15 is 0 Å². The van der Waals surface area contributed by atoms with Gasteiger partial charge >= 0.3 is 5.97 Å². The molecule has 0 unspecified atom stereocenters. The average Bonchev–Trinajstić information content (AvgIpc) is 2.91.